The highest BCUT2D eigenvalue weighted by atomic mass is 16.7. The molecule has 0 aliphatic carbocycles. The Bertz CT molecular complexity index is 369. The Morgan fingerprint density at radius 1 is 1.28 bits per heavy atom. The topological polar surface area (TPSA) is 29.5 Å². The average molecular weight is 247 g/mol. The lowest BCUT2D eigenvalue weighted by Crippen LogP contribution is -2.34. The first kappa shape index (κ1) is 13.1. The summed E-state index contributed by atoms with van der Waals surface area (Å²) >= 11 is 0. The van der Waals surface area contributed by atoms with Gasteiger partial charge in [-0.2, -0.15) is 0 Å². The highest BCUT2D eigenvalue weighted by Crippen LogP contribution is 2.27. The fourth-order valence-electron chi connectivity index (χ4n) is 2.40. The van der Waals surface area contributed by atoms with Crippen LogP contribution in [0.4, 0.5) is 0 Å². The van der Waals surface area contributed by atoms with Crippen LogP contribution in [0.15, 0.2) is 30.3 Å². The molecule has 0 amide bonds. The van der Waals surface area contributed by atoms with Crippen molar-refractivity contribution >= 4 is 5.97 Å². The van der Waals surface area contributed by atoms with Crippen LogP contribution in [0.3, 0.4) is 0 Å². The van der Waals surface area contributed by atoms with E-state index in [0.29, 0.717) is 12.3 Å². The molecule has 1 aliphatic rings. The Morgan fingerprint density at radius 3 is 2.56 bits per heavy atom. The Hall–Kier alpha value is -1.35. The average Bonchev–Trinajstić information content (AvgIpc) is 2.41. The number of hydrogen-bond acceptors (Lipinski definition) is 3. The van der Waals surface area contributed by atoms with Gasteiger partial charge in [-0.15, -0.1) is 5.06 Å². The number of hydrogen-bond donors (Lipinski definition) is 0. The normalized spacial score (nSPS) is 17.6. The van der Waals surface area contributed by atoms with Gasteiger partial charge in [0.05, 0.1) is 0 Å². The van der Waals surface area contributed by atoms with Gasteiger partial charge >= 0.3 is 5.97 Å². The molecule has 0 spiro atoms. The Kier molecular flexibility index (Phi) is 4.76. The zero-order valence-electron chi connectivity index (χ0n) is 11.0. The highest BCUT2D eigenvalue weighted by Gasteiger charge is 2.22. The molecule has 1 aromatic rings. The smallest absolute Gasteiger partial charge is 0.325 e. The van der Waals surface area contributed by atoms with Crippen LogP contribution in [0.5, 0.6) is 0 Å². The van der Waals surface area contributed by atoms with Gasteiger partial charge in [0.1, 0.15) is 0 Å². The Morgan fingerprint density at radius 2 is 1.94 bits per heavy atom. The third-order valence-electron chi connectivity index (χ3n) is 3.41. The molecule has 0 radical (unpaired) electrons. The van der Waals surface area contributed by atoms with E-state index >= 15 is 0 Å². The summed E-state index contributed by atoms with van der Waals surface area (Å²) in [7, 11) is 0. The minimum absolute atomic E-state index is 0.101. The fourth-order valence-corrected chi connectivity index (χ4v) is 2.40. The molecule has 0 atom stereocenters. The molecule has 0 saturated carbocycles. The lowest BCUT2D eigenvalue weighted by Gasteiger charge is -2.30. The summed E-state index contributed by atoms with van der Waals surface area (Å²) in [5.74, 6) is 0.503. The fraction of sp³-hybridized carbons (Fsp3) is 0.533. The maximum atomic E-state index is 11.4. The molecule has 1 aromatic carbocycles. The lowest BCUT2D eigenvalue weighted by molar-refractivity contribution is -0.195. The molecule has 1 saturated heterocycles. The summed E-state index contributed by atoms with van der Waals surface area (Å²) in [5, 5.41) is 1.82. The van der Waals surface area contributed by atoms with Crippen LogP contribution >= 0.6 is 0 Å². The third-order valence-corrected chi connectivity index (χ3v) is 3.41. The van der Waals surface area contributed by atoms with E-state index in [1.54, 1.807) is 0 Å². The SMILES string of the molecule is CCCC(=O)ON1CCC(c2ccccc2)CC1. The Labute approximate surface area is 109 Å². The van der Waals surface area contributed by atoms with Crippen LogP contribution in [-0.4, -0.2) is 24.1 Å². The molecule has 0 bridgehead atoms. The largest absolute Gasteiger partial charge is 0.368 e. The summed E-state index contributed by atoms with van der Waals surface area (Å²) in [4.78, 5) is 16.7. The molecule has 1 heterocycles. The van der Waals surface area contributed by atoms with Gasteiger partial charge in [0.15, 0.2) is 0 Å². The second-order valence-electron chi connectivity index (χ2n) is 4.83. The van der Waals surface area contributed by atoms with Gasteiger partial charge in [0.25, 0.3) is 0 Å². The number of carbonyl (C=O) groups excluding carboxylic acids is 1. The lowest BCUT2D eigenvalue weighted by atomic mass is 9.90. The monoisotopic (exact) mass is 247 g/mol. The van der Waals surface area contributed by atoms with Crippen LogP contribution in [0.1, 0.15) is 44.1 Å². The maximum Gasteiger partial charge on any atom is 0.325 e. The Balaban J connectivity index is 1.80. The molecule has 3 nitrogen and oxygen atoms in total. The molecule has 0 N–H and O–H groups in total. The number of carbonyl (C=O) groups is 1. The number of nitrogens with zero attached hydrogens (tertiary/aromatic N) is 1. The summed E-state index contributed by atoms with van der Waals surface area (Å²) in [6, 6.07) is 10.6. The summed E-state index contributed by atoms with van der Waals surface area (Å²) in [6.45, 7) is 3.67. The molecule has 2 rings (SSSR count). The molecular weight excluding hydrogens is 226 g/mol. The van der Waals surface area contributed by atoms with Crippen molar-refractivity contribution in [2.24, 2.45) is 0 Å². The first-order valence-corrected chi connectivity index (χ1v) is 6.80. The highest BCUT2D eigenvalue weighted by molar-refractivity contribution is 5.68. The zero-order chi connectivity index (χ0) is 12.8. The molecular formula is C15H21NO2. The van der Waals surface area contributed by atoms with Gasteiger partial charge in [0.2, 0.25) is 0 Å². The second kappa shape index (κ2) is 6.55. The van der Waals surface area contributed by atoms with Crippen LogP contribution in [0.2, 0.25) is 0 Å². The number of benzene rings is 1. The molecule has 1 aliphatic heterocycles. The molecule has 0 unspecified atom stereocenters. The number of piperidine rings is 1. The molecule has 0 aromatic heterocycles. The summed E-state index contributed by atoms with van der Waals surface area (Å²) in [6.07, 6.45) is 3.48. The van der Waals surface area contributed by atoms with E-state index in [-0.39, 0.29) is 5.97 Å². The van der Waals surface area contributed by atoms with E-state index in [0.717, 1.165) is 32.4 Å². The zero-order valence-corrected chi connectivity index (χ0v) is 11.0. The van der Waals surface area contributed by atoms with Crippen molar-refractivity contribution in [3.05, 3.63) is 35.9 Å². The number of rotatable bonds is 4. The van der Waals surface area contributed by atoms with Crippen LogP contribution < -0.4 is 0 Å². The van der Waals surface area contributed by atoms with E-state index in [4.69, 9.17) is 4.84 Å². The predicted molar refractivity (Wildman–Crippen MR) is 71.0 cm³/mol. The van der Waals surface area contributed by atoms with Gasteiger partial charge in [0, 0.05) is 19.5 Å². The van der Waals surface area contributed by atoms with Crippen molar-refractivity contribution < 1.29 is 9.63 Å². The van der Waals surface area contributed by atoms with E-state index < -0.39 is 0 Å². The van der Waals surface area contributed by atoms with Crippen molar-refractivity contribution in [1.29, 1.82) is 0 Å². The standard InChI is InChI=1S/C15H21NO2/c1-2-6-15(17)18-16-11-9-14(10-12-16)13-7-4-3-5-8-13/h3-5,7-8,14H,2,6,9-12H2,1H3. The van der Waals surface area contributed by atoms with Gasteiger partial charge in [-0.05, 0) is 30.7 Å². The van der Waals surface area contributed by atoms with Gasteiger partial charge in [-0.3, -0.25) is 4.79 Å². The minimum Gasteiger partial charge on any atom is -0.368 e. The van der Waals surface area contributed by atoms with Crippen molar-refractivity contribution in [1.82, 2.24) is 5.06 Å². The van der Waals surface area contributed by atoms with Gasteiger partial charge < -0.3 is 4.84 Å². The molecule has 98 valence electrons. The van der Waals surface area contributed by atoms with E-state index in [2.05, 4.69) is 24.3 Å². The molecule has 1 fully saturated rings. The first-order valence-electron chi connectivity index (χ1n) is 6.80. The molecule has 3 heteroatoms. The maximum absolute atomic E-state index is 11.4. The van der Waals surface area contributed by atoms with E-state index in [1.807, 2.05) is 18.1 Å². The minimum atomic E-state index is -0.101. The van der Waals surface area contributed by atoms with Crippen LogP contribution in [0, 0.1) is 0 Å². The number of hydroxylamine groups is 2. The van der Waals surface area contributed by atoms with E-state index in [9.17, 15) is 4.79 Å². The quantitative estimate of drug-likeness (QED) is 0.818. The first-order chi connectivity index (χ1) is 8.79. The predicted octanol–water partition coefficient (Wildman–Crippen LogP) is 3.12. The van der Waals surface area contributed by atoms with Crippen molar-refractivity contribution in [2.45, 2.75) is 38.5 Å². The van der Waals surface area contributed by atoms with Crippen LogP contribution in [-0.2, 0) is 9.63 Å². The summed E-state index contributed by atoms with van der Waals surface area (Å²) < 4.78 is 0. The van der Waals surface area contributed by atoms with Crippen molar-refractivity contribution in [3.63, 3.8) is 0 Å². The van der Waals surface area contributed by atoms with Crippen LogP contribution in [0.25, 0.3) is 0 Å². The van der Waals surface area contributed by atoms with Crippen molar-refractivity contribution in [2.75, 3.05) is 13.1 Å². The molecule has 18 heavy (non-hydrogen) atoms. The van der Waals surface area contributed by atoms with E-state index in [1.165, 1.54) is 5.56 Å². The van der Waals surface area contributed by atoms with Crippen molar-refractivity contribution in [3.8, 4) is 0 Å². The summed E-state index contributed by atoms with van der Waals surface area (Å²) in [5.41, 5.74) is 1.40. The van der Waals surface area contributed by atoms with Gasteiger partial charge in [-0.25, -0.2) is 0 Å². The third kappa shape index (κ3) is 3.57. The second-order valence-corrected chi connectivity index (χ2v) is 4.83. The van der Waals surface area contributed by atoms with Gasteiger partial charge in [-0.1, -0.05) is 37.3 Å².